The highest BCUT2D eigenvalue weighted by Crippen LogP contribution is 2.38. The molecule has 31 heavy (non-hydrogen) atoms. The Labute approximate surface area is 192 Å². The normalized spacial score (nSPS) is 13.7. The highest BCUT2D eigenvalue weighted by molar-refractivity contribution is 7.99. The van der Waals surface area contributed by atoms with E-state index in [-0.39, 0.29) is 5.78 Å². The quantitative estimate of drug-likeness (QED) is 0.232. The number of halogens is 1. The van der Waals surface area contributed by atoms with Crippen molar-refractivity contribution in [2.45, 2.75) is 50.9 Å². The van der Waals surface area contributed by atoms with Crippen LogP contribution in [0.2, 0.25) is 5.02 Å². The second-order valence-corrected chi connectivity index (χ2v) is 9.23. The van der Waals surface area contributed by atoms with Crippen LogP contribution in [0.3, 0.4) is 0 Å². The summed E-state index contributed by atoms with van der Waals surface area (Å²) in [5.74, 6) is 1.15. The molecule has 2 heterocycles. The van der Waals surface area contributed by atoms with Gasteiger partial charge in [0.2, 0.25) is 0 Å². The minimum absolute atomic E-state index is 0.121. The number of carbonyl (C=O) groups excluding carboxylic acids is 1. The smallest absolute Gasteiger partial charge is 0.191 e. The van der Waals surface area contributed by atoms with Crippen LogP contribution in [-0.4, -0.2) is 44.6 Å². The number of Topliss-reactive ketones (excluding diaryl/α,β-unsaturated/α-hetero) is 1. The molecule has 0 aliphatic heterocycles. The molecule has 0 bridgehead atoms. The number of ether oxygens (including phenoxy) is 1. The number of methoxy groups -OCH3 is 1. The molecular formula is C23H27ClN4O2S. The Kier molecular flexibility index (Phi) is 6.84. The summed E-state index contributed by atoms with van der Waals surface area (Å²) in [6.07, 6.45) is 3.22. The second kappa shape index (κ2) is 9.59. The van der Waals surface area contributed by atoms with Crippen molar-refractivity contribution in [3.05, 3.63) is 52.3 Å². The van der Waals surface area contributed by atoms with Crippen LogP contribution >= 0.6 is 23.4 Å². The standard InChI is InChI=1S/C23H27ClN4O2S/c1-15-13-19(16(2)28(15)17-9-10-17)21(29)14-31-23-26-25-22(27(23)11-6-12-30-3)18-7-4-5-8-20(18)24/h4-5,7-8,13,17H,6,9-12,14H2,1-3H3. The summed E-state index contributed by atoms with van der Waals surface area (Å²) in [5, 5.41) is 10.1. The fourth-order valence-corrected chi connectivity index (χ4v) is 5.04. The lowest BCUT2D eigenvalue weighted by Crippen LogP contribution is -2.08. The lowest BCUT2D eigenvalue weighted by molar-refractivity contribution is 0.102. The fourth-order valence-electron chi connectivity index (χ4n) is 3.97. The van der Waals surface area contributed by atoms with E-state index in [1.54, 1.807) is 7.11 Å². The van der Waals surface area contributed by atoms with Crippen molar-refractivity contribution < 1.29 is 9.53 Å². The van der Waals surface area contributed by atoms with Crippen molar-refractivity contribution >= 4 is 29.1 Å². The third-order valence-electron chi connectivity index (χ3n) is 5.59. The van der Waals surface area contributed by atoms with Crippen LogP contribution in [0, 0.1) is 13.8 Å². The largest absolute Gasteiger partial charge is 0.385 e. The average molecular weight is 459 g/mol. The van der Waals surface area contributed by atoms with E-state index in [1.165, 1.54) is 24.6 Å². The number of benzene rings is 1. The van der Waals surface area contributed by atoms with Gasteiger partial charge in [-0.1, -0.05) is 35.5 Å². The van der Waals surface area contributed by atoms with Gasteiger partial charge in [0, 0.05) is 48.8 Å². The Morgan fingerprint density at radius 2 is 2.03 bits per heavy atom. The van der Waals surface area contributed by atoms with Gasteiger partial charge in [-0.05, 0) is 51.3 Å². The van der Waals surface area contributed by atoms with E-state index < -0.39 is 0 Å². The first-order chi connectivity index (χ1) is 15.0. The zero-order valence-electron chi connectivity index (χ0n) is 18.1. The van der Waals surface area contributed by atoms with Gasteiger partial charge in [0.25, 0.3) is 0 Å². The fraction of sp³-hybridized carbons (Fsp3) is 0.435. The van der Waals surface area contributed by atoms with Crippen molar-refractivity contribution in [2.75, 3.05) is 19.5 Å². The predicted octanol–water partition coefficient (Wildman–Crippen LogP) is 5.36. The summed E-state index contributed by atoms with van der Waals surface area (Å²) >= 11 is 7.83. The van der Waals surface area contributed by atoms with E-state index in [1.807, 2.05) is 41.8 Å². The molecular weight excluding hydrogens is 432 g/mol. The van der Waals surface area contributed by atoms with Crippen LogP contribution in [0.15, 0.2) is 35.5 Å². The topological polar surface area (TPSA) is 61.9 Å². The molecule has 1 aromatic carbocycles. The lowest BCUT2D eigenvalue weighted by Gasteiger charge is -2.11. The van der Waals surface area contributed by atoms with Gasteiger partial charge >= 0.3 is 0 Å². The molecule has 0 saturated heterocycles. The molecule has 1 fully saturated rings. The molecule has 0 N–H and O–H groups in total. The third kappa shape index (κ3) is 4.73. The van der Waals surface area contributed by atoms with Crippen molar-refractivity contribution in [2.24, 2.45) is 0 Å². The number of aromatic nitrogens is 4. The van der Waals surface area contributed by atoms with Gasteiger partial charge in [-0.2, -0.15) is 0 Å². The Balaban J connectivity index is 1.55. The molecule has 2 aromatic heterocycles. The maximum absolute atomic E-state index is 13.0. The Morgan fingerprint density at radius 1 is 1.26 bits per heavy atom. The van der Waals surface area contributed by atoms with Crippen molar-refractivity contribution in [1.29, 1.82) is 0 Å². The van der Waals surface area contributed by atoms with Crippen LogP contribution in [0.4, 0.5) is 0 Å². The van der Waals surface area contributed by atoms with E-state index in [9.17, 15) is 4.79 Å². The summed E-state index contributed by atoms with van der Waals surface area (Å²) in [4.78, 5) is 13.0. The van der Waals surface area contributed by atoms with Gasteiger partial charge in [0.15, 0.2) is 16.8 Å². The van der Waals surface area contributed by atoms with Gasteiger partial charge in [-0.3, -0.25) is 4.79 Å². The maximum Gasteiger partial charge on any atom is 0.191 e. The molecule has 6 nitrogen and oxygen atoms in total. The molecule has 4 rings (SSSR count). The number of thioether (sulfide) groups is 1. The number of nitrogens with zero attached hydrogens (tertiary/aromatic N) is 4. The maximum atomic E-state index is 13.0. The molecule has 164 valence electrons. The minimum Gasteiger partial charge on any atom is -0.385 e. The number of aryl methyl sites for hydroxylation is 1. The third-order valence-corrected chi connectivity index (χ3v) is 6.89. The van der Waals surface area contributed by atoms with Crippen molar-refractivity contribution in [3.63, 3.8) is 0 Å². The van der Waals surface area contributed by atoms with Crippen LogP contribution in [-0.2, 0) is 11.3 Å². The highest BCUT2D eigenvalue weighted by Gasteiger charge is 2.28. The van der Waals surface area contributed by atoms with Gasteiger partial charge in [-0.25, -0.2) is 0 Å². The zero-order valence-corrected chi connectivity index (χ0v) is 19.7. The van der Waals surface area contributed by atoms with Gasteiger partial charge in [0.1, 0.15) is 0 Å². The van der Waals surface area contributed by atoms with E-state index in [2.05, 4.69) is 21.7 Å². The summed E-state index contributed by atoms with van der Waals surface area (Å²) in [7, 11) is 1.69. The molecule has 0 amide bonds. The molecule has 1 aliphatic rings. The van der Waals surface area contributed by atoms with E-state index in [4.69, 9.17) is 16.3 Å². The molecule has 0 spiro atoms. The molecule has 0 radical (unpaired) electrons. The van der Waals surface area contributed by atoms with E-state index in [0.29, 0.717) is 35.8 Å². The van der Waals surface area contributed by atoms with Crippen LogP contribution in [0.25, 0.3) is 11.4 Å². The predicted molar refractivity (Wildman–Crippen MR) is 124 cm³/mol. The zero-order chi connectivity index (χ0) is 22.0. The highest BCUT2D eigenvalue weighted by atomic mass is 35.5. The Bertz CT molecular complexity index is 1090. The first-order valence-corrected chi connectivity index (χ1v) is 11.9. The number of carbonyl (C=O) groups is 1. The minimum atomic E-state index is 0.121. The Morgan fingerprint density at radius 3 is 2.74 bits per heavy atom. The second-order valence-electron chi connectivity index (χ2n) is 7.88. The molecule has 0 unspecified atom stereocenters. The molecule has 1 saturated carbocycles. The summed E-state index contributed by atoms with van der Waals surface area (Å²) < 4.78 is 9.55. The van der Waals surface area contributed by atoms with Crippen LogP contribution < -0.4 is 0 Å². The van der Waals surface area contributed by atoms with Crippen molar-refractivity contribution in [3.8, 4) is 11.4 Å². The molecule has 0 atom stereocenters. The monoisotopic (exact) mass is 458 g/mol. The Hall–Kier alpha value is -2.09. The number of hydrogen-bond acceptors (Lipinski definition) is 5. The molecule has 8 heteroatoms. The SMILES string of the molecule is COCCCn1c(SCC(=O)c2cc(C)n(C3CC3)c2C)nnc1-c1ccccc1Cl. The number of hydrogen-bond donors (Lipinski definition) is 0. The lowest BCUT2D eigenvalue weighted by atomic mass is 10.2. The van der Waals surface area contributed by atoms with E-state index in [0.717, 1.165) is 34.1 Å². The van der Waals surface area contributed by atoms with Crippen LogP contribution in [0.1, 0.15) is 47.1 Å². The summed E-state index contributed by atoms with van der Waals surface area (Å²) in [6, 6.07) is 10.2. The molecule has 1 aliphatic carbocycles. The van der Waals surface area contributed by atoms with E-state index >= 15 is 0 Å². The summed E-state index contributed by atoms with van der Waals surface area (Å²) in [6.45, 7) is 5.45. The number of ketones is 1. The average Bonchev–Trinajstić information content (AvgIpc) is 3.43. The number of rotatable bonds is 10. The van der Waals surface area contributed by atoms with Gasteiger partial charge in [-0.15, -0.1) is 10.2 Å². The molecule has 3 aromatic rings. The first kappa shape index (κ1) is 22.1. The van der Waals surface area contributed by atoms with Crippen molar-refractivity contribution in [1.82, 2.24) is 19.3 Å². The van der Waals surface area contributed by atoms with Gasteiger partial charge < -0.3 is 13.9 Å². The van der Waals surface area contributed by atoms with Crippen LogP contribution in [0.5, 0.6) is 0 Å². The van der Waals surface area contributed by atoms with Gasteiger partial charge in [0.05, 0.1) is 10.8 Å². The summed E-state index contributed by atoms with van der Waals surface area (Å²) in [5.41, 5.74) is 3.88. The first-order valence-electron chi connectivity index (χ1n) is 10.5.